The topological polar surface area (TPSA) is 54.9 Å². The van der Waals surface area contributed by atoms with Gasteiger partial charge in [-0.3, -0.25) is 4.79 Å². The number of hydrogen-bond acceptors (Lipinski definition) is 3. The molecule has 18 heavy (non-hydrogen) atoms. The fraction of sp³-hybridized carbons (Fsp3) is 0.154. The summed E-state index contributed by atoms with van der Waals surface area (Å²) in [6.07, 6.45) is 1.50. The normalized spacial score (nSPS) is 10.2. The zero-order chi connectivity index (χ0) is 13.1. The van der Waals surface area contributed by atoms with Crippen molar-refractivity contribution in [2.24, 2.45) is 0 Å². The van der Waals surface area contributed by atoms with Crippen molar-refractivity contribution in [3.05, 3.63) is 52.4 Å². The van der Waals surface area contributed by atoms with Crippen LogP contribution in [0.3, 0.4) is 0 Å². The van der Waals surface area contributed by atoms with Crippen molar-refractivity contribution in [3.8, 4) is 0 Å². The van der Waals surface area contributed by atoms with Gasteiger partial charge in [-0.05, 0) is 42.6 Å². The lowest BCUT2D eigenvalue weighted by molar-refractivity contribution is 0.102. The number of aromatic nitrogens is 2. The molecule has 1 amide bonds. The second-order valence-corrected chi connectivity index (χ2v) is 4.27. The molecule has 0 aliphatic carbocycles. The number of rotatable bonds is 2. The van der Waals surface area contributed by atoms with E-state index in [9.17, 15) is 4.79 Å². The molecule has 0 saturated heterocycles. The van der Waals surface area contributed by atoms with Gasteiger partial charge in [0, 0.05) is 11.8 Å². The van der Waals surface area contributed by atoms with Crippen LogP contribution < -0.4 is 5.32 Å². The van der Waals surface area contributed by atoms with Crippen LogP contribution in [0.15, 0.2) is 30.5 Å². The lowest BCUT2D eigenvalue weighted by Crippen LogP contribution is -2.15. The van der Waals surface area contributed by atoms with Crippen LogP contribution in [0, 0.1) is 13.8 Å². The number of benzene rings is 1. The van der Waals surface area contributed by atoms with Crippen LogP contribution in [0.5, 0.6) is 0 Å². The SMILES string of the molecule is Cc1cccc(C)c1C(=O)Nc1ccnc(Cl)n1. The number of hydrogen-bond donors (Lipinski definition) is 1. The number of anilines is 1. The molecule has 0 spiro atoms. The molecule has 0 aliphatic rings. The molecule has 1 N–H and O–H groups in total. The van der Waals surface area contributed by atoms with E-state index in [0.717, 1.165) is 11.1 Å². The van der Waals surface area contributed by atoms with Crippen molar-refractivity contribution in [1.82, 2.24) is 9.97 Å². The molecule has 5 heteroatoms. The quantitative estimate of drug-likeness (QED) is 0.846. The van der Waals surface area contributed by atoms with Gasteiger partial charge < -0.3 is 5.32 Å². The lowest BCUT2D eigenvalue weighted by Gasteiger charge is -2.09. The molecule has 1 aromatic carbocycles. The summed E-state index contributed by atoms with van der Waals surface area (Å²) >= 11 is 5.66. The summed E-state index contributed by atoms with van der Waals surface area (Å²) in [4.78, 5) is 19.8. The van der Waals surface area contributed by atoms with Gasteiger partial charge in [-0.2, -0.15) is 0 Å². The largest absolute Gasteiger partial charge is 0.306 e. The van der Waals surface area contributed by atoms with Crippen LogP contribution in [-0.4, -0.2) is 15.9 Å². The van der Waals surface area contributed by atoms with Gasteiger partial charge in [0.15, 0.2) is 0 Å². The van der Waals surface area contributed by atoms with E-state index in [4.69, 9.17) is 11.6 Å². The van der Waals surface area contributed by atoms with Crippen molar-refractivity contribution >= 4 is 23.3 Å². The van der Waals surface area contributed by atoms with Gasteiger partial charge in [-0.15, -0.1) is 0 Å². The summed E-state index contributed by atoms with van der Waals surface area (Å²) in [5, 5.41) is 2.81. The van der Waals surface area contributed by atoms with Gasteiger partial charge in [-0.25, -0.2) is 9.97 Å². The van der Waals surface area contributed by atoms with Gasteiger partial charge >= 0.3 is 0 Å². The minimum atomic E-state index is -0.194. The van der Waals surface area contributed by atoms with Crippen molar-refractivity contribution in [2.45, 2.75) is 13.8 Å². The second kappa shape index (κ2) is 5.14. The zero-order valence-corrected chi connectivity index (χ0v) is 10.8. The van der Waals surface area contributed by atoms with Gasteiger partial charge in [0.25, 0.3) is 5.91 Å². The van der Waals surface area contributed by atoms with E-state index in [1.807, 2.05) is 32.0 Å². The highest BCUT2D eigenvalue weighted by molar-refractivity contribution is 6.28. The number of aryl methyl sites for hydroxylation is 2. The Morgan fingerprint density at radius 2 is 1.89 bits per heavy atom. The zero-order valence-electron chi connectivity index (χ0n) is 10.1. The fourth-order valence-corrected chi connectivity index (χ4v) is 1.90. The van der Waals surface area contributed by atoms with Crippen LogP contribution >= 0.6 is 11.6 Å². The van der Waals surface area contributed by atoms with Crippen LogP contribution in [-0.2, 0) is 0 Å². The minimum Gasteiger partial charge on any atom is -0.306 e. The predicted octanol–water partition coefficient (Wildman–Crippen LogP) is 3.00. The lowest BCUT2D eigenvalue weighted by atomic mass is 10.0. The van der Waals surface area contributed by atoms with Crippen LogP contribution in [0.4, 0.5) is 5.82 Å². The first-order valence-corrected chi connectivity index (χ1v) is 5.82. The number of amides is 1. The first-order valence-electron chi connectivity index (χ1n) is 5.44. The third kappa shape index (κ3) is 2.65. The summed E-state index contributed by atoms with van der Waals surface area (Å²) in [7, 11) is 0. The molecule has 0 bridgehead atoms. The Morgan fingerprint density at radius 3 is 2.50 bits per heavy atom. The molecule has 0 unspecified atom stereocenters. The highest BCUT2D eigenvalue weighted by Gasteiger charge is 2.12. The van der Waals surface area contributed by atoms with Crippen molar-refractivity contribution in [1.29, 1.82) is 0 Å². The first-order chi connectivity index (χ1) is 8.58. The summed E-state index contributed by atoms with van der Waals surface area (Å²) in [6.45, 7) is 3.80. The molecule has 2 aromatic rings. The Morgan fingerprint density at radius 1 is 1.22 bits per heavy atom. The maximum atomic E-state index is 12.2. The van der Waals surface area contributed by atoms with Crippen molar-refractivity contribution < 1.29 is 4.79 Å². The third-order valence-electron chi connectivity index (χ3n) is 2.58. The average molecular weight is 262 g/mol. The van der Waals surface area contributed by atoms with E-state index >= 15 is 0 Å². The Balaban J connectivity index is 2.28. The summed E-state index contributed by atoms with van der Waals surface area (Å²) in [5.41, 5.74) is 2.51. The maximum Gasteiger partial charge on any atom is 0.257 e. The molecule has 0 aliphatic heterocycles. The predicted molar refractivity (Wildman–Crippen MR) is 70.9 cm³/mol. The molecule has 0 radical (unpaired) electrons. The Bertz CT molecular complexity index is 578. The molecule has 4 nitrogen and oxygen atoms in total. The molecule has 1 heterocycles. The van der Waals surface area contributed by atoms with Gasteiger partial charge in [-0.1, -0.05) is 18.2 Å². The first kappa shape index (κ1) is 12.5. The molecule has 1 aromatic heterocycles. The number of carbonyl (C=O) groups is 1. The summed E-state index contributed by atoms with van der Waals surface area (Å²) in [6, 6.07) is 7.31. The highest BCUT2D eigenvalue weighted by atomic mass is 35.5. The maximum absolute atomic E-state index is 12.2. The number of carbonyl (C=O) groups excluding carboxylic acids is 1. The van der Waals surface area contributed by atoms with Crippen molar-refractivity contribution in [3.63, 3.8) is 0 Å². The average Bonchev–Trinajstić information content (AvgIpc) is 2.28. The van der Waals surface area contributed by atoms with E-state index in [1.165, 1.54) is 6.20 Å². The van der Waals surface area contributed by atoms with E-state index in [1.54, 1.807) is 6.07 Å². The van der Waals surface area contributed by atoms with Gasteiger partial charge in [0.1, 0.15) is 5.82 Å². The molecule has 92 valence electrons. The van der Waals surface area contributed by atoms with E-state index in [2.05, 4.69) is 15.3 Å². The molecule has 0 saturated carbocycles. The number of nitrogens with one attached hydrogen (secondary N) is 1. The fourth-order valence-electron chi connectivity index (χ4n) is 1.76. The minimum absolute atomic E-state index is 0.106. The standard InChI is InChI=1S/C13H12ClN3O/c1-8-4-3-5-9(2)11(8)12(18)16-10-6-7-15-13(14)17-10/h3-7H,1-2H3,(H,15,16,17,18). The van der Waals surface area contributed by atoms with E-state index in [-0.39, 0.29) is 11.2 Å². The van der Waals surface area contributed by atoms with Crippen LogP contribution in [0.1, 0.15) is 21.5 Å². The van der Waals surface area contributed by atoms with E-state index in [0.29, 0.717) is 11.4 Å². The summed E-state index contributed by atoms with van der Waals surface area (Å²) in [5.74, 6) is 0.197. The van der Waals surface area contributed by atoms with Gasteiger partial charge in [0.2, 0.25) is 5.28 Å². The number of halogens is 1. The Hall–Kier alpha value is -1.94. The van der Waals surface area contributed by atoms with Crippen LogP contribution in [0.25, 0.3) is 0 Å². The Labute approximate surface area is 110 Å². The van der Waals surface area contributed by atoms with Crippen LogP contribution in [0.2, 0.25) is 5.28 Å². The molecule has 2 rings (SSSR count). The molecule has 0 fully saturated rings. The monoisotopic (exact) mass is 261 g/mol. The molecular weight excluding hydrogens is 250 g/mol. The molecule has 0 atom stereocenters. The summed E-state index contributed by atoms with van der Waals surface area (Å²) < 4.78 is 0. The number of nitrogens with zero attached hydrogens (tertiary/aromatic N) is 2. The van der Waals surface area contributed by atoms with Gasteiger partial charge in [0.05, 0.1) is 0 Å². The Kier molecular flexibility index (Phi) is 3.58. The second-order valence-electron chi connectivity index (χ2n) is 3.93. The van der Waals surface area contributed by atoms with E-state index < -0.39 is 0 Å². The molecular formula is C13H12ClN3O. The third-order valence-corrected chi connectivity index (χ3v) is 2.76. The van der Waals surface area contributed by atoms with Crippen molar-refractivity contribution in [2.75, 3.05) is 5.32 Å². The highest BCUT2D eigenvalue weighted by Crippen LogP contribution is 2.15. The smallest absolute Gasteiger partial charge is 0.257 e.